The Morgan fingerprint density at radius 2 is 1.85 bits per heavy atom. The second kappa shape index (κ2) is 7.88. The molecular weight excluding hydrogens is 368 g/mol. The van der Waals surface area contributed by atoms with E-state index in [1.54, 1.807) is 36.3 Å². The minimum atomic E-state index is -0.480. The third-order valence-electron chi connectivity index (χ3n) is 4.54. The van der Waals surface area contributed by atoms with Gasteiger partial charge in [-0.05, 0) is 42.8 Å². The van der Waals surface area contributed by atoms with Crippen LogP contribution in [0.3, 0.4) is 0 Å². The van der Waals surface area contributed by atoms with Gasteiger partial charge in [0.25, 0.3) is 0 Å². The van der Waals surface area contributed by atoms with Crippen LogP contribution in [0.1, 0.15) is 12.0 Å². The maximum absolute atomic E-state index is 12.7. The summed E-state index contributed by atoms with van der Waals surface area (Å²) in [5.41, 5.74) is 2.16. The van der Waals surface area contributed by atoms with Crippen LogP contribution in [0.4, 0.5) is 11.4 Å². The molecule has 0 aromatic heterocycles. The lowest BCUT2D eigenvalue weighted by molar-refractivity contribution is -0.122. The Labute approximate surface area is 163 Å². The summed E-state index contributed by atoms with van der Waals surface area (Å²) in [6.45, 7) is 2.19. The Balaban J connectivity index is 1.79. The zero-order chi connectivity index (χ0) is 19.6. The van der Waals surface area contributed by atoms with Crippen LogP contribution in [-0.2, 0) is 9.59 Å². The number of anilines is 2. The lowest BCUT2D eigenvalue weighted by Gasteiger charge is -2.20. The molecule has 1 heterocycles. The Kier molecular flexibility index (Phi) is 5.56. The van der Waals surface area contributed by atoms with Gasteiger partial charge in [-0.3, -0.25) is 9.59 Å². The van der Waals surface area contributed by atoms with Crippen molar-refractivity contribution in [3.63, 3.8) is 0 Å². The van der Waals surface area contributed by atoms with E-state index in [0.29, 0.717) is 27.9 Å². The first-order valence-corrected chi connectivity index (χ1v) is 8.90. The fourth-order valence-corrected chi connectivity index (χ4v) is 3.31. The van der Waals surface area contributed by atoms with Crippen molar-refractivity contribution in [2.24, 2.45) is 5.92 Å². The summed E-state index contributed by atoms with van der Waals surface area (Å²) in [7, 11) is 3.08. The van der Waals surface area contributed by atoms with Crippen molar-refractivity contribution in [2.75, 3.05) is 31.0 Å². The molecule has 2 amide bonds. The highest BCUT2D eigenvalue weighted by Gasteiger charge is 2.36. The SMILES string of the molecule is COc1ccc(C)cc1NC(=O)[C@@H]1CC(=O)N(c2cc(Cl)ccc2OC)C1. The molecule has 0 saturated carbocycles. The molecule has 1 saturated heterocycles. The molecule has 0 spiro atoms. The first kappa shape index (κ1) is 19.0. The third-order valence-corrected chi connectivity index (χ3v) is 4.78. The van der Waals surface area contributed by atoms with Crippen molar-refractivity contribution >= 4 is 34.8 Å². The van der Waals surface area contributed by atoms with Gasteiger partial charge in [-0.15, -0.1) is 0 Å². The largest absolute Gasteiger partial charge is 0.495 e. The second-order valence-electron chi connectivity index (χ2n) is 6.41. The molecule has 2 aromatic carbocycles. The van der Waals surface area contributed by atoms with Crippen molar-refractivity contribution in [3.8, 4) is 11.5 Å². The van der Waals surface area contributed by atoms with Gasteiger partial charge in [0, 0.05) is 18.0 Å². The lowest BCUT2D eigenvalue weighted by atomic mass is 10.1. The van der Waals surface area contributed by atoms with E-state index in [1.807, 2.05) is 19.1 Å². The molecule has 0 aliphatic carbocycles. The number of rotatable bonds is 5. The van der Waals surface area contributed by atoms with Crippen molar-refractivity contribution in [1.82, 2.24) is 0 Å². The number of methoxy groups -OCH3 is 2. The number of benzene rings is 2. The van der Waals surface area contributed by atoms with E-state index in [9.17, 15) is 9.59 Å². The number of hydrogen-bond acceptors (Lipinski definition) is 4. The molecule has 0 bridgehead atoms. The molecule has 1 fully saturated rings. The van der Waals surface area contributed by atoms with E-state index >= 15 is 0 Å². The Bertz CT molecular complexity index is 884. The number of carbonyl (C=O) groups is 2. The molecule has 7 heteroatoms. The molecule has 6 nitrogen and oxygen atoms in total. The number of nitrogens with one attached hydrogen (secondary N) is 1. The van der Waals surface area contributed by atoms with E-state index in [4.69, 9.17) is 21.1 Å². The van der Waals surface area contributed by atoms with Gasteiger partial charge in [0.2, 0.25) is 11.8 Å². The van der Waals surface area contributed by atoms with Crippen LogP contribution in [0.15, 0.2) is 36.4 Å². The van der Waals surface area contributed by atoms with Gasteiger partial charge in [-0.2, -0.15) is 0 Å². The van der Waals surface area contributed by atoms with Crippen LogP contribution in [0.25, 0.3) is 0 Å². The molecule has 0 radical (unpaired) electrons. The number of aryl methyl sites for hydroxylation is 1. The molecule has 2 aromatic rings. The second-order valence-corrected chi connectivity index (χ2v) is 6.85. The first-order chi connectivity index (χ1) is 12.9. The van der Waals surface area contributed by atoms with E-state index in [-0.39, 0.29) is 24.8 Å². The zero-order valence-electron chi connectivity index (χ0n) is 15.4. The van der Waals surface area contributed by atoms with E-state index in [1.165, 1.54) is 7.11 Å². The standard InChI is InChI=1S/C20H21ClN2O4/c1-12-4-6-17(26-2)15(8-12)22-20(25)13-9-19(24)23(11-13)16-10-14(21)5-7-18(16)27-3/h4-8,10,13H,9,11H2,1-3H3,(H,22,25)/t13-/m1/s1. The minimum Gasteiger partial charge on any atom is -0.495 e. The summed E-state index contributed by atoms with van der Waals surface area (Å²) >= 11 is 6.07. The third kappa shape index (κ3) is 4.01. The Hall–Kier alpha value is -2.73. The Morgan fingerprint density at radius 1 is 1.15 bits per heavy atom. The van der Waals surface area contributed by atoms with E-state index in [0.717, 1.165) is 5.56 Å². The van der Waals surface area contributed by atoms with Crippen molar-refractivity contribution in [1.29, 1.82) is 0 Å². The molecular formula is C20H21ClN2O4. The fourth-order valence-electron chi connectivity index (χ4n) is 3.14. The summed E-state index contributed by atoms with van der Waals surface area (Å²) in [6, 6.07) is 10.6. The van der Waals surface area contributed by atoms with Crippen LogP contribution >= 0.6 is 11.6 Å². The number of hydrogen-bond donors (Lipinski definition) is 1. The van der Waals surface area contributed by atoms with Gasteiger partial charge in [0.15, 0.2) is 0 Å². The highest BCUT2D eigenvalue weighted by Crippen LogP contribution is 2.36. The monoisotopic (exact) mass is 388 g/mol. The molecule has 0 unspecified atom stereocenters. The van der Waals surface area contributed by atoms with Gasteiger partial charge in [-0.1, -0.05) is 17.7 Å². The van der Waals surface area contributed by atoms with Crippen LogP contribution in [0.5, 0.6) is 11.5 Å². The molecule has 3 rings (SSSR count). The summed E-state index contributed by atoms with van der Waals surface area (Å²) in [6.07, 6.45) is 0.121. The maximum atomic E-state index is 12.7. The predicted molar refractivity (Wildman–Crippen MR) is 105 cm³/mol. The summed E-state index contributed by atoms with van der Waals surface area (Å²) in [5, 5.41) is 3.37. The van der Waals surface area contributed by atoms with Crippen molar-refractivity contribution in [3.05, 3.63) is 47.0 Å². The summed E-state index contributed by atoms with van der Waals surface area (Å²) < 4.78 is 10.6. The van der Waals surface area contributed by atoms with E-state index < -0.39 is 5.92 Å². The van der Waals surface area contributed by atoms with Crippen LogP contribution in [0.2, 0.25) is 5.02 Å². The van der Waals surface area contributed by atoms with Crippen LogP contribution in [-0.4, -0.2) is 32.6 Å². The number of ether oxygens (including phenoxy) is 2. The summed E-state index contributed by atoms with van der Waals surface area (Å²) in [5.74, 6) is 0.259. The predicted octanol–water partition coefficient (Wildman–Crippen LogP) is 3.66. The van der Waals surface area contributed by atoms with Crippen molar-refractivity contribution in [2.45, 2.75) is 13.3 Å². The topological polar surface area (TPSA) is 67.9 Å². The molecule has 1 atom stereocenters. The number of amides is 2. The van der Waals surface area contributed by atoms with Crippen LogP contribution < -0.4 is 19.7 Å². The molecule has 27 heavy (non-hydrogen) atoms. The molecule has 1 N–H and O–H groups in total. The average molecular weight is 389 g/mol. The maximum Gasteiger partial charge on any atom is 0.229 e. The zero-order valence-corrected chi connectivity index (χ0v) is 16.2. The minimum absolute atomic E-state index is 0.121. The Morgan fingerprint density at radius 3 is 2.56 bits per heavy atom. The van der Waals surface area contributed by atoms with Gasteiger partial charge in [0.05, 0.1) is 31.5 Å². The van der Waals surface area contributed by atoms with E-state index in [2.05, 4.69) is 5.32 Å². The van der Waals surface area contributed by atoms with Gasteiger partial charge < -0.3 is 19.7 Å². The van der Waals surface area contributed by atoms with Gasteiger partial charge >= 0.3 is 0 Å². The van der Waals surface area contributed by atoms with Crippen molar-refractivity contribution < 1.29 is 19.1 Å². The highest BCUT2D eigenvalue weighted by molar-refractivity contribution is 6.31. The lowest BCUT2D eigenvalue weighted by Crippen LogP contribution is -2.28. The number of halogens is 1. The molecule has 1 aliphatic rings. The quantitative estimate of drug-likeness (QED) is 0.848. The highest BCUT2D eigenvalue weighted by atomic mass is 35.5. The number of carbonyl (C=O) groups excluding carboxylic acids is 2. The van der Waals surface area contributed by atoms with Gasteiger partial charge in [-0.25, -0.2) is 0 Å². The average Bonchev–Trinajstić information content (AvgIpc) is 3.03. The normalized spacial score (nSPS) is 16.4. The smallest absolute Gasteiger partial charge is 0.229 e. The van der Waals surface area contributed by atoms with Crippen LogP contribution in [0, 0.1) is 12.8 Å². The van der Waals surface area contributed by atoms with Gasteiger partial charge in [0.1, 0.15) is 11.5 Å². The number of nitrogens with zero attached hydrogens (tertiary/aromatic N) is 1. The molecule has 142 valence electrons. The summed E-state index contributed by atoms with van der Waals surface area (Å²) in [4.78, 5) is 26.8. The fraction of sp³-hybridized carbons (Fsp3) is 0.300. The molecule has 1 aliphatic heterocycles. The first-order valence-electron chi connectivity index (χ1n) is 8.52.